The number of allylic oxidation sites excluding steroid dienone is 2. The number of fused-ring (bicyclic) bond motifs is 1. The van der Waals surface area contributed by atoms with E-state index in [1.165, 1.54) is 18.0 Å². The quantitative estimate of drug-likeness (QED) is 0.514. The Kier molecular flexibility index (Phi) is 4.71. The van der Waals surface area contributed by atoms with Gasteiger partial charge in [-0.05, 0) is 48.9 Å². The van der Waals surface area contributed by atoms with E-state index >= 15 is 0 Å². The molecule has 0 fully saturated rings. The van der Waals surface area contributed by atoms with Crippen molar-refractivity contribution in [1.82, 2.24) is 9.97 Å². The van der Waals surface area contributed by atoms with Crippen molar-refractivity contribution < 1.29 is 14.2 Å². The second kappa shape index (κ2) is 7.53. The molecule has 1 atom stereocenters. The monoisotopic (exact) mass is 420 g/mol. The smallest absolute Gasteiger partial charge is 0.276 e. The van der Waals surface area contributed by atoms with Crippen molar-refractivity contribution in [3.8, 4) is 0 Å². The Morgan fingerprint density at radius 3 is 2.87 bits per heavy atom. The molecule has 5 rings (SSSR count). The van der Waals surface area contributed by atoms with Gasteiger partial charge in [-0.2, -0.15) is 0 Å². The van der Waals surface area contributed by atoms with E-state index in [0.717, 1.165) is 41.1 Å². The maximum Gasteiger partial charge on any atom is 0.276 e. The van der Waals surface area contributed by atoms with E-state index in [-0.39, 0.29) is 5.78 Å². The zero-order valence-electron chi connectivity index (χ0n) is 16.3. The molecular weight excluding hydrogens is 398 g/mol. The van der Waals surface area contributed by atoms with Gasteiger partial charge in [-0.1, -0.05) is 12.1 Å². The summed E-state index contributed by atoms with van der Waals surface area (Å²) in [5.41, 5.74) is 16.3. The summed E-state index contributed by atoms with van der Waals surface area (Å²) in [6, 6.07) is 11.6. The molecule has 6 N–H and O–H groups in total. The van der Waals surface area contributed by atoms with Gasteiger partial charge in [-0.15, -0.1) is 0 Å². The number of rotatable bonds is 3. The fourth-order valence-corrected chi connectivity index (χ4v) is 4.90. The molecule has 152 valence electrons. The van der Waals surface area contributed by atoms with Gasteiger partial charge >= 0.3 is 0 Å². The standard InChI is InChI=1S/C22H21N5O2S/c23-11-12-19(20-15(25-21(12)24)7-3-4-8-16(20)28)17-9-10-18(29-17)30-22-26-13-5-1-2-6-14(13)27-22/h1-2,5-6,9-11,19H,3-4,7-8,23H2,(H2,24,25)(H,26,27)/p+1/b12-11-. The van der Waals surface area contributed by atoms with Crippen molar-refractivity contribution in [2.75, 3.05) is 0 Å². The molecule has 30 heavy (non-hydrogen) atoms. The van der Waals surface area contributed by atoms with Crippen LogP contribution in [0.4, 0.5) is 0 Å². The number of hydrogen-bond acceptors (Lipinski definition) is 6. The minimum atomic E-state index is -0.401. The van der Waals surface area contributed by atoms with Crippen LogP contribution in [0.15, 0.2) is 74.1 Å². The van der Waals surface area contributed by atoms with Gasteiger partial charge in [0, 0.05) is 19.0 Å². The van der Waals surface area contributed by atoms with E-state index in [9.17, 15) is 4.79 Å². The maximum absolute atomic E-state index is 12.9. The first-order valence-electron chi connectivity index (χ1n) is 9.94. The molecule has 3 aromatic rings. The van der Waals surface area contributed by atoms with E-state index in [1.54, 1.807) is 0 Å². The van der Waals surface area contributed by atoms with E-state index in [4.69, 9.17) is 15.9 Å². The van der Waals surface area contributed by atoms with Crippen LogP contribution in [-0.2, 0) is 4.79 Å². The average molecular weight is 421 g/mol. The topological polar surface area (TPSA) is 125 Å². The first-order chi connectivity index (χ1) is 14.6. The molecule has 0 saturated carbocycles. The molecule has 0 bridgehead atoms. The Hall–Kier alpha value is -3.26. The number of furan rings is 1. The summed E-state index contributed by atoms with van der Waals surface area (Å²) in [6.45, 7) is 0. The highest BCUT2D eigenvalue weighted by Crippen LogP contribution is 2.40. The molecule has 3 heterocycles. The van der Waals surface area contributed by atoms with Crippen LogP contribution in [-0.4, -0.2) is 21.6 Å². The number of aromatic amines is 1. The minimum Gasteiger partial charge on any atom is -0.453 e. The van der Waals surface area contributed by atoms with E-state index in [2.05, 4.69) is 15.0 Å². The molecule has 2 aromatic heterocycles. The number of nitrogens with zero attached hydrogens (tertiary/aromatic N) is 1. The zero-order valence-corrected chi connectivity index (χ0v) is 17.1. The van der Waals surface area contributed by atoms with Crippen LogP contribution in [0.2, 0.25) is 0 Å². The summed E-state index contributed by atoms with van der Waals surface area (Å²) in [5.74, 6) is 0.841. The first kappa shape index (κ1) is 18.7. The highest BCUT2D eigenvalue weighted by molar-refractivity contribution is 7.99. The molecule has 0 spiro atoms. The molecular formula is C22H22N5O2S+. The average Bonchev–Trinajstić information content (AvgIpc) is 3.32. The van der Waals surface area contributed by atoms with Crippen LogP contribution in [0.3, 0.4) is 0 Å². The largest absolute Gasteiger partial charge is 0.453 e. The van der Waals surface area contributed by atoms with Gasteiger partial charge in [0.1, 0.15) is 11.5 Å². The molecule has 1 aliphatic heterocycles. The number of aromatic nitrogens is 2. The summed E-state index contributed by atoms with van der Waals surface area (Å²) in [6.07, 6.45) is 4.59. The molecule has 2 aliphatic rings. The Morgan fingerprint density at radius 1 is 1.20 bits per heavy atom. The number of nitrogens with one attached hydrogen (secondary N) is 2. The van der Waals surface area contributed by atoms with Crippen molar-refractivity contribution in [2.24, 2.45) is 11.5 Å². The van der Waals surface area contributed by atoms with Crippen molar-refractivity contribution >= 4 is 34.4 Å². The lowest BCUT2D eigenvalue weighted by Gasteiger charge is -2.22. The van der Waals surface area contributed by atoms with Gasteiger partial charge in [0.05, 0.1) is 28.1 Å². The highest BCUT2D eigenvalue weighted by Gasteiger charge is 2.39. The van der Waals surface area contributed by atoms with Gasteiger partial charge in [0.25, 0.3) is 5.84 Å². The van der Waals surface area contributed by atoms with Crippen molar-refractivity contribution in [3.63, 3.8) is 0 Å². The molecule has 0 radical (unpaired) electrons. The molecule has 7 nitrogen and oxygen atoms in total. The third-order valence-electron chi connectivity index (χ3n) is 5.53. The molecule has 0 saturated heterocycles. The third-order valence-corrected chi connectivity index (χ3v) is 6.34. The van der Waals surface area contributed by atoms with Crippen LogP contribution in [0, 0.1) is 0 Å². The highest BCUT2D eigenvalue weighted by atomic mass is 32.2. The Bertz CT molecular complexity index is 1200. The van der Waals surface area contributed by atoms with Crippen LogP contribution in [0.5, 0.6) is 0 Å². The number of imidazole rings is 1. The Morgan fingerprint density at radius 2 is 2.03 bits per heavy atom. The van der Waals surface area contributed by atoms with Crippen LogP contribution in [0.1, 0.15) is 37.4 Å². The number of carbonyl (C=O) groups is 1. The molecule has 8 heteroatoms. The van der Waals surface area contributed by atoms with Gasteiger partial charge in [-0.25, -0.2) is 9.98 Å². The van der Waals surface area contributed by atoms with E-state index in [1.807, 2.05) is 36.4 Å². The molecule has 1 unspecified atom stereocenters. The number of nitrogens with two attached hydrogens (primary N) is 2. The van der Waals surface area contributed by atoms with Gasteiger partial charge < -0.3 is 15.1 Å². The number of ketones is 1. The van der Waals surface area contributed by atoms with Crippen LogP contribution in [0.25, 0.3) is 11.0 Å². The lowest BCUT2D eigenvalue weighted by molar-refractivity contribution is -0.404. The lowest BCUT2D eigenvalue weighted by atomic mass is 9.82. The van der Waals surface area contributed by atoms with E-state index < -0.39 is 5.92 Å². The summed E-state index contributed by atoms with van der Waals surface area (Å²) in [4.78, 5) is 24.0. The number of amidine groups is 1. The van der Waals surface area contributed by atoms with Gasteiger partial charge in [0.15, 0.2) is 16.0 Å². The maximum atomic E-state index is 12.9. The fourth-order valence-electron chi connectivity index (χ4n) is 4.13. The van der Waals surface area contributed by atoms with Crippen molar-refractivity contribution in [2.45, 2.75) is 41.8 Å². The number of hydrogen-bond donors (Lipinski definition) is 4. The predicted molar refractivity (Wildman–Crippen MR) is 115 cm³/mol. The number of Topliss-reactive ketones (excluding diaryl/α,β-unsaturated/α-hetero) is 1. The predicted octanol–water partition coefficient (Wildman–Crippen LogP) is 2.08. The van der Waals surface area contributed by atoms with Crippen LogP contribution < -0.4 is 16.5 Å². The minimum absolute atomic E-state index is 0.120. The second-order valence-electron chi connectivity index (χ2n) is 7.43. The first-order valence-corrected chi connectivity index (χ1v) is 10.8. The number of H-pyrrole nitrogens is 1. The Balaban J connectivity index is 1.51. The summed E-state index contributed by atoms with van der Waals surface area (Å²) in [5, 5.41) is 1.43. The Labute approximate surface area is 177 Å². The van der Waals surface area contributed by atoms with Gasteiger partial charge in [-0.3, -0.25) is 10.5 Å². The second-order valence-corrected chi connectivity index (χ2v) is 8.43. The zero-order chi connectivity index (χ0) is 20.7. The van der Waals surface area contributed by atoms with Crippen molar-refractivity contribution in [3.05, 3.63) is 65.2 Å². The number of carbonyl (C=O) groups excluding carboxylic acids is 1. The van der Waals surface area contributed by atoms with Gasteiger partial charge in [0.2, 0.25) is 0 Å². The molecule has 1 aromatic carbocycles. The number of benzene rings is 1. The van der Waals surface area contributed by atoms with Crippen molar-refractivity contribution in [1.29, 1.82) is 0 Å². The third kappa shape index (κ3) is 3.23. The normalized spacial score (nSPS) is 21.1. The summed E-state index contributed by atoms with van der Waals surface area (Å²) < 4.78 is 6.17. The van der Waals surface area contributed by atoms with Crippen LogP contribution >= 0.6 is 11.8 Å². The lowest BCUT2D eigenvalue weighted by Crippen LogP contribution is -2.76. The fraction of sp³-hybridized carbons (Fsp3) is 0.227. The number of para-hydroxylation sites is 2. The molecule has 0 amide bonds. The summed E-state index contributed by atoms with van der Waals surface area (Å²) in [7, 11) is 0. The summed E-state index contributed by atoms with van der Waals surface area (Å²) >= 11 is 1.40. The van der Waals surface area contributed by atoms with E-state index in [0.29, 0.717) is 34.3 Å². The molecule has 1 aliphatic carbocycles. The SMILES string of the molecule is N/C=C1\C(N)=[NH+]C2=C(C(=O)CCCC2)C1c1ccc(Sc2nc3ccccc3[nH]2)o1.